The summed E-state index contributed by atoms with van der Waals surface area (Å²) in [5, 5.41) is 5.64. The molecule has 2 rings (SSSR count). The average Bonchev–Trinajstić information content (AvgIpc) is 2.89. The van der Waals surface area contributed by atoms with Crippen LogP contribution in [0, 0.1) is 3.57 Å². The van der Waals surface area contributed by atoms with Gasteiger partial charge in [0.1, 0.15) is 5.75 Å². The van der Waals surface area contributed by atoms with E-state index in [1.165, 1.54) is 14.0 Å². The fourth-order valence-corrected chi connectivity index (χ4v) is 3.39. The second kappa shape index (κ2) is 7.26. The van der Waals surface area contributed by atoms with Crippen molar-refractivity contribution in [1.29, 1.82) is 0 Å². The average molecular weight is 387 g/mol. The van der Waals surface area contributed by atoms with Crippen molar-refractivity contribution < 1.29 is 4.74 Å². The third-order valence-electron chi connectivity index (χ3n) is 3.00. The maximum Gasteiger partial charge on any atom is 0.134 e. The number of nitrogens with one attached hydrogen (secondary N) is 1. The Balaban J connectivity index is 2.18. The van der Waals surface area contributed by atoms with Gasteiger partial charge in [0, 0.05) is 9.61 Å². The monoisotopic (exact) mass is 387 g/mol. The summed E-state index contributed by atoms with van der Waals surface area (Å²) in [7, 11) is 1.74. The lowest BCUT2D eigenvalue weighted by atomic mass is 10.0. The number of rotatable bonds is 6. The number of benzene rings is 1. The first-order valence-corrected chi connectivity index (χ1v) is 8.29. The standard InChI is InChI=1S/C15H18INOS/c1-3-17-13(15-14(18-2)8-9-19-15)10-11-4-6-12(16)7-5-11/h4-9,13,17H,3,10H2,1-2H3. The van der Waals surface area contributed by atoms with Crippen molar-refractivity contribution in [3.05, 3.63) is 49.7 Å². The molecule has 102 valence electrons. The Morgan fingerprint density at radius 3 is 2.63 bits per heavy atom. The summed E-state index contributed by atoms with van der Waals surface area (Å²) >= 11 is 4.09. The molecule has 1 unspecified atom stereocenters. The highest BCUT2D eigenvalue weighted by atomic mass is 127. The summed E-state index contributed by atoms with van der Waals surface area (Å²) in [6.45, 7) is 3.09. The zero-order valence-electron chi connectivity index (χ0n) is 11.2. The largest absolute Gasteiger partial charge is 0.496 e. The van der Waals surface area contributed by atoms with Crippen LogP contribution in [-0.2, 0) is 6.42 Å². The second-order valence-corrected chi connectivity index (χ2v) is 6.49. The SMILES string of the molecule is CCNC(Cc1ccc(I)cc1)c1sccc1OC. The molecule has 0 aliphatic carbocycles. The molecular weight excluding hydrogens is 369 g/mol. The summed E-state index contributed by atoms with van der Waals surface area (Å²) in [4.78, 5) is 1.28. The van der Waals surface area contributed by atoms with Gasteiger partial charge < -0.3 is 10.1 Å². The van der Waals surface area contributed by atoms with Crippen LogP contribution >= 0.6 is 33.9 Å². The number of likely N-dealkylation sites (N-methyl/N-ethyl adjacent to an activating group) is 1. The van der Waals surface area contributed by atoms with E-state index in [1.54, 1.807) is 18.4 Å². The lowest BCUT2D eigenvalue weighted by Crippen LogP contribution is -2.22. The molecule has 1 aromatic carbocycles. The van der Waals surface area contributed by atoms with Crippen LogP contribution in [-0.4, -0.2) is 13.7 Å². The van der Waals surface area contributed by atoms with Crippen molar-refractivity contribution in [3.8, 4) is 5.75 Å². The summed E-state index contributed by atoms with van der Waals surface area (Å²) < 4.78 is 6.71. The van der Waals surface area contributed by atoms with Crippen LogP contribution in [0.5, 0.6) is 5.75 Å². The molecule has 1 atom stereocenters. The van der Waals surface area contributed by atoms with Crippen molar-refractivity contribution in [1.82, 2.24) is 5.32 Å². The molecule has 1 heterocycles. The first kappa shape index (κ1) is 14.8. The molecule has 0 saturated heterocycles. The molecule has 0 radical (unpaired) electrons. The highest BCUT2D eigenvalue weighted by molar-refractivity contribution is 14.1. The minimum atomic E-state index is 0.319. The van der Waals surface area contributed by atoms with Gasteiger partial charge in [-0.25, -0.2) is 0 Å². The Morgan fingerprint density at radius 2 is 2.00 bits per heavy atom. The van der Waals surface area contributed by atoms with Crippen LogP contribution in [0.15, 0.2) is 35.7 Å². The number of ether oxygens (including phenoxy) is 1. The minimum absolute atomic E-state index is 0.319. The molecule has 0 amide bonds. The van der Waals surface area contributed by atoms with E-state index in [1.807, 2.05) is 6.07 Å². The number of hydrogen-bond acceptors (Lipinski definition) is 3. The number of methoxy groups -OCH3 is 1. The normalized spacial score (nSPS) is 12.4. The van der Waals surface area contributed by atoms with Crippen LogP contribution in [0.1, 0.15) is 23.4 Å². The zero-order valence-corrected chi connectivity index (χ0v) is 14.1. The van der Waals surface area contributed by atoms with Gasteiger partial charge in [0.05, 0.1) is 12.0 Å². The molecule has 0 bridgehead atoms. The van der Waals surface area contributed by atoms with Gasteiger partial charge in [-0.05, 0) is 64.7 Å². The Labute approximate surface area is 132 Å². The highest BCUT2D eigenvalue weighted by Crippen LogP contribution is 2.32. The van der Waals surface area contributed by atoms with E-state index >= 15 is 0 Å². The van der Waals surface area contributed by atoms with Crippen LogP contribution in [0.4, 0.5) is 0 Å². The van der Waals surface area contributed by atoms with E-state index in [9.17, 15) is 0 Å². The first-order chi connectivity index (χ1) is 9.24. The van der Waals surface area contributed by atoms with Crippen LogP contribution in [0.2, 0.25) is 0 Å². The van der Waals surface area contributed by atoms with Crippen molar-refractivity contribution >= 4 is 33.9 Å². The van der Waals surface area contributed by atoms with Crippen molar-refractivity contribution in [3.63, 3.8) is 0 Å². The van der Waals surface area contributed by atoms with E-state index < -0.39 is 0 Å². The maximum absolute atomic E-state index is 5.44. The number of thiophene rings is 1. The molecule has 0 fully saturated rings. The first-order valence-electron chi connectivity index (χ1n) is 6.33. The predicted octanol–water partition coefficient (Wildman–Crippen LogP) is 4.25. The van der Waals surface area contributed by atoms with E-state index in [4.69, 9.17) is 4.74 Å². The molecule has 0 saturated carbocycles. The van der Waals surface area contributed by atoms with Gasteiger partial charge in [0.25, 0.3) is 0 Å². The molecule has 0 aliphatic rings. The summed E-state index contributed by atoms with van der Waals surface area (Å²) in [6.07, 6.45) is 0.988. The Hall–Kier alpha value is -0.590. The third-order valence-corrected chi connectivity index (χ3v) is 4.73. The number of hydrogen-bond donors (Lipinski definition) is 1. The molecule has 4 heteroatoms. The van der Waals surface area contributed by atoms with Gasteiger partial charge in [-0.3, -0.25) is 0 Å². The zero-order chi connectivity index (χ0) is 13.7. The van der Waals surface area contributed by atoms with Gasteiger partial charge in [0.2, 0.25) is 0 Å². The number of halogens is 1. The molecular formula is C15H18INOS. The Morgan fingerprint density at radius 1 is 1.26 bits per heavy atom. The smallest absolute Gasteiger partial charge is 0.134 e. The predicted molar refractivity (Wildman–Crippen MR) is 90.2 cm³/mol. The summed E-state index contributed by atoms with van der Waals surface area (Å²) in [5.74, 6) is 0.987. The van der Waals surface area contributed by atoms with E-state index in [2.05, 4.69) is 64.5 Å². The van der Waals surface area contributed by atoms with Gasteiger partial charge in [-0.1, -0.05) is 19.1 Å². The van der Waals surface area contributed by atoms with Crippen LogP contribution < -0.4 is 10.1 Å². The fourth-order valence-electron chi connectivity index (χ4n) is 2.09. The molecule has 0 aliphatic heterocycles. The van der Waals surface area contributed by atoms with Gasteiger partial charge >= 0.3 is 0 Å². The fraction of sp³-hybridized carbons (Fsp3) is 0.333. The summed E-state index contributed by atoms with van der Waals surface area (Å²) in [5.41, 5.74) is 1.35. The minimum Gasteiger partial charge on any atom is -0.496 e. The second-order valence-electron chi connectivity index (χ2n) is 4.29. The molecule has 19 heavy (non-hydrogen) atoms. The van der Waals surface area contributed by atoms with Crippen LogP contribution in [0.25, 0.3) is 0 Å². The molecule has 1 N–H and O–H groups in total. The Kier molecular flexibility index (Phi) is 5.66. The lowest BCUT2D eigenvalue weighted by Gasteiger charge is -2.18. The summed E-state index contributed by atoms with van der Waals surface area (Å²) in [6, 6.07) is 11.1. The van der Waals surface area contributed by atoms with E-state index in [0.29, 0.717) is 6.04 Å². The topological polar surface area (TPSA) is 21.3 Å². The van der Waals surface area contributed by atoms with Crippen LogP contribution in [0.3, 0.4) is 0 Å². The van der Waals surface area contributed by atoms with Gasteiger partial charge in [0.15, 0.2) is 0 Å². The van der Waals surface area contributed by atoms with Crippen molar-refractivity contribution in [2.75, 3.05) is 13.7 Å². The highest BCUT2D eigenvalue weighted by Gasteiger charge is 2.17. The third kappa shape index (κ3) is 3.94. The van der Waals surface area contributed by atoms with E-state index in [-0.39, 0.29) is 0 Å². The quantitative estimate of drug-likeness (QED) is 0.749. The maximum atomic E-state index is 5.44. The molecule has 1 aromatic heterocycles. The van der Waals surface area contributed by atoms with E-state index in [0.717, 1.165) is 18.7 Å². The van der Waals surface area contributed by atoms with Crippen molar-refractivity contribution in [2.24, 2.45) is 0 Å². The Bertz CT molecular complexity index is 509. The van der Waals surface area contributed by atoms with Crippen molar-refractivity contribution in [2.45, 2.75) is 19.4 Å². The molecule has 2 nitrogen and oxygen atoms in total. The van der Waals surface area contributed by atoms with Gasteiger partial charge in [-0.15, -0.1) is 11.3 Å². The van der Waals surface area contributed by atoms with Gasteiger partial charge in [-0.2, -0.15) is 0 Å². The molecule has 0 spiro atoms. The molecule has 2 aromatic rings. The lowest BCUT2D eigenvalue weighted by molar-refractivity contribution is 0.403.